The van der Waals surface area contributed by atoms with Crippen molar-refractivity contribution < 1.29 is 9.13 Å². The van der Waals surface area contributed by atoms with Crippen LogP contribution in [0.1, 0.15) is 18.1 Å². The van der Waals surface area contributed by atoms with E-state index in [1.165, 1.54) is 6.07 Å². The number of halogens is 1. The maximum Gasteiger partial charge on any atom is 0.165 e. The van der Waals surface area contributed by atoms with Crippen molar-refractivity contribution in [3.63, 3.8) is 0 Å². The summed E-state index contributed by atoms with van der Waals surface area (Å²) in [6.07, 6.45) is 0.668. The maximum atomic E-state index is 13.8. The Morgan fingerprint density at radius 3 is 2.78 bits per heavy atom. The van der Waals surface area contributed by atoms with Gasteiger partial charge >= 0.3 is 0 Å². The molecule has 0 spiro atoms. The molecule has 2 nitrogen and oxygen atoms in total. The van der Waals surface area contributed by atoms with E-state index in [4.69, 9.17) is 10.5 Å². The fourth-order valence-electron chi connectivity index (χ4n) is 1.70. The van der Waals surface area contributed by atoms with Crippen LogP contribution in [-0.2, 0) is 13.0 Å². The van der Waals surface area contributed by atoms with Gasteiger partial charge in [-0.15, -0.1) is 0 Å². The zero-order chi connectivity index (χ0) is 13.0. The summed E-state index contributed by atoms with van der Waals surface area (Å²) in [4.78, 5) is 0. The van der Waals surface area contributed by atoms with Gasteiger partial charge in [-0.2, -0.15) is 11.3 Å². The van der Waals surface area contributed by atoms with Crippen LogP contribution in [0.3, 0.4) is 0 Å². The molecule has 0 aliphatic rings. The smallest absolute Gasteiger partial charge is 0.165 e. The van der Waals surface area contributed by atoms with Gasteiger partial charge in [0.15, 0.2) is 11.6 Å². The number of benzene rings is 1. The SMILES string of the molecule is CC(N)Cc1ccc(OCc2ccsc2)c(F)c1. The van der Waals surface area contributed by atoms with Crippen LogP contribution >= 0.6 is 11.3 Å². The predicted octanol–water partition coefficient (Wildman–Crippen LogP) is 3.36. The van der Waals surface area contributed by atoms with E-state index >= 15 is 0 Å². The van der Waals surface area contributed by atoms with Crippen LogP contribution in [0.15, 0.2) is 35.0 Å². The molecular weight excluding hydrogens is 249 g/mol. The summed E-state index contributed by atoms with van der Waals surface area (Å²) in [6.45, 7) is 2.30. The Labute approximate surface area is 110 Å². The first-order chi connectivity index (χ1) is 8.65. The van der Waals surface area contributed by atoms with Crippen molar-refractivity contribution in [1.29, 1.82) is 0 Å². The highest BCUT2D eigenvalue weighted by Crippen LogP contribution is 2.20. The normalized spacial score (nSPS) is 12.4. The second-order valence-electron chi connectivity index (χ2n) is 4.37. The maximum absolute atomic E-state index is 13.8. The third-order valence-corrected chi connectivity index (χ3v) is 3.26. The van der Waals surface area contributed by atoms with Gasteiger partial charge in [0.1, 0.15) is 6.61 Å². The molecule has 1 aromatic carbocycles. The number of thiophene rings is 1. The molecule has 0 aliphatic carbocycles. The highest BCUT2D eigenvalue weighted by molar-refractivity contribution is 7.07. The Kier molecular flexibility index (Phi) is 4.33. The molecule has 0 aliphatic heterocycles. The molecule has 0 saturated heterocycles. The molecule has 1 unspecified atom stereocenters. The van der Waals surface area contributed by atoms with Gasteiger partial charge < -0.3 is 10.5 Å². The van der Waals surface area contributed by atoms with E-state index in [0.29, 0.717) is 13.0 Å². The topological polar surface area (TPSA) is 35.2 Å². The molecule has 1 atom stereocenters. The predicted molar refractivity (Wildman–Crippen MR) is 72.4 cm³/mol. The standard InChI is InChI=1S/C14H16FNOS/c1-10(16)6-11-2-3-14(13(15)7-11)17-8-12-4-5-18-9-12/h2-5,7,9-10H,6,8,16H2,1H3. The summed E-state index contributed by atoms with van der Waals surface area (Å²) in [6, 6.07) is 7.01. The van der Waals surface area contributed by atoms with E-state index in [2.05, 4.69) is 0 Å². The first kappa shape index (κ1) is 13.1. The fraction of sp³-hybridized carbons (Fsp3) is 0.286. The highest BCUT2D eigenvalue weighted by atomic mass is 32.1. The van der Waals surface area contributed by atoms with Crippen molar-refractivity contribution in [3.8, 4) is 5.75 Å². The Balaban J connectivity index is 2.01. The van der Waals surface area contributed by atoms with E-state index < -0.39 is 0 Å². The van der Waals surface area contributed by atoms with Gasteiger partial charge in [0.2, 0.25) is 0 Å². The Morgan fingerprint density at radius 1 is 1.33 bits per heavy atom. The quantitative estimate of drug-likeness (QED) is 0.899. The zero-order valence-electron chi connectivity index (χ0n) is 10.2. The van der Waals surface area contributed by atoms with Gasteiger partial charge in [0, 0.05) is 6.04 Å². The van der Waals surface area contributed by atoms with Crippen molar-refractivity contribution in [2.75, 3.05) is 0 Å². The number of hydrogen-bond acceptors (Lipinski definition) is 3. The summed E-state index contributed by atoms with van der Waals surface area (Å²) < 4.78 is 19.2. The van der Waals surface area contributed by atoms with Gasteiger partial charge in [-0.3, -0.25) is 0 Å². The van der Waals surface area contributed by atoms with Crippen molar-refractivity contribution >= 4 is 11.3 Å². The molecule has 1 aromatic heterocycles. The zero-order valence-corrected chi connectivity index (χ0v) is 11.0. The average Bonchev–Trinajstić information content (AvgIpc) is 2.80. The molecule has 0 amide bonds. The van der Waals surface area contributed by atoms with Crippen LogP contribution in [0, 0.1) is 5.82 Å². The van der Waals surface area contributed by atoms with Crippen LogP contribution in [-0.4, -0.2) is 6.04 Å². The number of hydrogen-bond donors (Lipinski definition) is 1. The lowest BCUT2D eigenvalue weighted by Crippen LogP contribution is -2.17. The molecule has 0 bridgehead atoms. The first-order valence-electron chi connectivity index (χ1n) is 5.83. The largest absolute Gasteiger partial charge is 0.486 e. The third-order valence-electron chi connectivity index (χ3n) is 2.53. The van der Waals surface area contributed by atoms with Gasteiger partial charge in [-0.05, 0) is 53.4 Å². The number of nitrogens with two attached hydrogens (primary N) is 1. The minimum atomic E-state index is -0.330. The van der Waals surface area contributed by atoms with Crippen LogP contribution in [0.5, 0.6) is 5.75 Å². The lowest BCUT2D eigenvalue weighted by atomic mass is 10.1. The van der Waals surface area contributed by atoms with Crippen LogP contribution in [0.4, 0.5) is 4.39 Å². The molecule has 0 saturated carbocycles. The summed E-state index contributed by atoms with van der Waals surface area (Å²) in [7, 11) is 0. The highest BCUT2D eigenvalue weighted by Gasteiger charge is 2.06. The molecule has 2 rings (SSSR count). The molecule has 4 heteroatoms. The van der Waals surface area contributed by atoms with Gasteiger partial charge in [-0.25, -0.2) is 4.39 Å². The lowest BCUT2D eigenvalue weighted by molar-refractivity contribution is 0.290. The van der Waals surface area contributed by atoms with Gasteiger partial charge in [-0.1, -0.05) is 6.07 Å². The third kappa shape index (κ3) is 3.55. The summed E-state index contributed by atoms with van der Waals surface area (Å²) >= 11 is 1.60. The van der Waals surface area contributed by atoms with E-state index in [0.717, 1.165) is 11.1 Å². The number of rotatable bonds is 5. The van der Waals surface area contributed by atoms with Crippen LogP contribution in [0.25, 0.3) is 0 Å². The molecule has 18 heavy (non-hydrogen) atoms. The average molecular weight is 265 g/mol. The molecule has 0 fully saturated rings. The fourth-order valence-corrected chi connectivity index (χ4v) is 2.35. The monoisotopic (exact) mass is 265 g/mol. The van der Waals surface area contributed by atoms with E-state index in [9.17, 15) is 4.39 Å². The second kappa shape index (κ2) is 5.98. The van der Waals surface area contributed by atoms with Crippen molar-refractivity contribution in [1.82, 2.24) is 0 Å². The molecular formula is C14H16FNOS. The molecule has 1 heterocycles. The Bertz CT molecular complexity index is 497. The summed E-state index contributed by atoms with van der Waals surface area (Å²) in [5.74, 6) is -0.0435. The van der Waals surface area contributed by atoms with E-state index in [-0.39, 0.29) is 17.6 Å². The molecule has 0 radical (unpaired) electrons. The van der Waals surface area contributed by atoms with Gasteiger partial charge in [0.05, 0.1) is 0 Å². The Morgan fingerprint density at radius 2 is 2.17 bits per heavy atom. The first-order valence-corrected chi connectivity index (χ1v) is 6.77. The van der Waals surface area contributed by atoms with Crippen LogP contribution in [0.2, 0.25) is 0 Å². The molecule has 96 valence electrons. The van der Waals surface area contributed by atoms with E-state index in [1.807, 2.05) is 29.8 Å². The minimum Gasteiger partial charge on any atom is -0.486 e. The minimum absolute atomic E-state index is 0.0296. The molecule has 2 aromatic rings. The van der Waals surface area contributed by atoms with Crippen molar-refractivity contribution in [2.24, 2.45) is 5.73 Å². The number of ether oxygens (including phenoxy) is 1. The van der Waals surface area contributed by atoms with Crippen LogP contribution < -0.4 is 10.5 Å². The van der Waals surface area contributed by atoms with E-state index in [1.54, 1.807) is 17.4 Å². The summed E-state index contributed by atoms with van der Waals surface area (Å²) in [5.41, 5.74) is 7.63. The summed E-state index contributed by atoms with van der Waals surface area (Å²) in [5, 5.41) is 3.96. The lowest BCUT2D eigenvalue weighted by Gasteiger charge is -2.09. The van der Waals surface area contributed by atoms with Gasteiger partial charge in [0.25, 0.3) is 0 Å². The Hall–Kier alpha value is -1.39. The second-order valence-corrected chi connectivity index (χ2v) is 5.15. The van der Waals surface area contributed by atoms with Crippen molar-refractivity contribution in [2.45, 2.75) is 26.0 Å². The van der Waals surface area contributed by atoms with Crippen molar-refractivity contribution in [3.05, 3.63) is 52.0 Å². The molecule has 2 N–H and O–H groups in total.